The third-order valence-corrected chi connectivity index (χ3v) is 10.5. The van der Waals surface area contributed by atoms with Crippen LogP contribution in [0.3, 0.4) is 0 Å². The van der Waals surface area contributed by atoms with E-state index in [-0.39, 0.29) is 23.6 Å². The third kappa shape index (κ3) is 3.37. The lowest BCUT2D eigenvalue weighted by molar-refractivity contribution is -0.175. The van der Waals surface area contributed by atoms with Gasteiger partial charge >= 0.3 is 5.97 Å². The summed E-state index contributed by atoms with van der Waals surface area (Å²) in [6, 6.07) is 0. The van der Waals surface area contributed by atoms with Crippen molar-refractivity contribution >= 4 is 5.97 Å². The monoisotopic (exact) mass is 406 g/mol. The largest absolute Gasteiger partial charge is 0.469 e. The van der Waals surface area contributed by atoms with Crippen LogP contribution >= 0.6 is 0 Å². The fourth-order valence-electron chi connectivity index (χ4n) is 8.81. The first kappa shape index (κ1) is 21.6. The Kier molecular flexibility index (Phi) is 5.83. The molecule has 2 N–H and O–H groups in total. The first-order valence-electron chi connectivity index (χ1n) is 12.1. The maximum Gasteiger partial charge on any atom is 0.305 e. The van der Waals surface area contributed by atoms with Crippen LogP contribution in [0.2, 0.25) is 0 Å². The summed E-state index contributed by atoms with van der Waals surface area (Å²) in [5, 5.41) is 21.8. The average Bonchev–Trinajstić information content (AvgIpc) is 3.06. The lowest BCUT2D eigenvalue weighted by Crippen LogP contribution is -2.58. The van der Waals surface area contributed by atoms with Crippen LogP contribution in [0.25, 0.3) is 0 Å². The molecule has 0 aliphatic heterocycles. The van der Waals surface area contributed by atoms with Crippen molar-refractivity contribution in [1.82, 2.24) is 0 Å². The van der Waals surface area contributed by atoms with Crippen molar-refractivity contribution in [2.24, 2.45) is 46.3 Å². The summed E-state index contributed by atoms with van der Waals surface area (Å²) in [5.41, 5.74) is 0.271. The molecule has 4 heteroatoms. The number of aliphatic hydroxyl groups excluding tert-OH is 2. The van der Waals surface area contributed by atoms with Gasteiger partial charge < -0.3 is 14.9 Å². The highest BCUT2D eigenvalue weighted by atomic mass is 16.5. The maximum absolute atomic E-state index is 11.6. The molecule has 4 aliphatic rings. The molecule has 0 aromatic rings. The average molecular weight is 407 g/mol. The second kappa shape index (κ2) is 7.82. The number of ether oxygens (including phenoxy) is 1. The normalized spacial score (nSPS) is 50.2. The molecular weight excluding hydrogens is 364 g/mol. The minimum Gasteiger partial charge on any atom is -0.469 e. The van der Waals surface area contributed by atoms with E-state index in [2.05, 4.69) is 20.8 Å². The van der Waals surface area contributed by atoms with Crippen LogP contribution in [-0.2, 0) is 9.53 Å². The molecular formula is C25H42O4. The molecule has 4 aliphatic carbocycles. The van der Waals surface area contributed by atoms with E-state index in [1.807, 2.05) is 0 Å². The zero-order valence-electron chi connectivity index (χ0n) is 18.9. The molecule has 10 atom stereocenters. The van der Waals surface area contributed by atoms with Crippen LogP contribution in [0, 0.1) is 46.3 Å². The molecule has 166 valence electrons. The molecule has 4 fully saturated rings. The molecule has 0 spiro atoms. The van der Waals surface area contributed by atoms with Gasteiger partial charge in [0, 0.05) is 6.42 Å². The number of methoxy groups -OCH3 is 1. The lowest BCUT2D eigenvalue weighted by atomic mass is 9.43. The van der Waals surface area contributed by atoms with Gasteiger partial charge in [-0.15, -0.1) is 0 Å². The van der Waals surface area contributed by atoms with Gasteiger partial charge in [0.15, 0.2) is 0 Å². The Hall–Kier alpha value is -0.610. The minimum atomic E-state index is -0.246. The van der Waals surface area contributed by atoms with Gasteiger partial charge in [0.1, 0.15) is 0 Å². The van der Waals surface area contributed by atoms with Gasteiger partial charge in [-0.2, -0.15) is 0 Å². The highest BCUT2D eigenvalue weighted by molar-refractivity contribution is 5.69. The minimum absolute atomic E-state index is 0.0198. The van der Waals surface area contributed by atoms with Crippen LogP contribution in [0.1, 0.15) is 85.0 Å². The summed E-state index contributed by atoms with van der Waals surface area (Å²) < 4.78 is 4.85. The zero-order chi connectivity index (χ0) is 21.0. The Morgan fingerprint density at radius 1 is 1.07 bits per heavy atom. The molecule has 4 saturated carbocycles. The summed E-state index contributed by atoms with van der Waals surface area (Å²) in [7, 11) is 1.46. The van der Waals surface area contributed by atoms with E-state index in [1.54, 1.807) is 0 Å². The molecule has 0 radical (unpaired) electrons. The molecule has 29 heavy (non-hydrogen) atoms. The maximum atomic E-state index is 11.6. The van der Waals surface area contributed by atoms with Gasteiger partial charge in [-0.25, -0.2) is 0 Å². The van der Waals surface area contributed by atoms with Crippen molar-refractivity contribution in [3.8, 4) is 0 Å². The van der Waals surface area contributed by atoms with Crippen LogP contribution in [0.5, 0.6) is 0 Å². The van der Waals surface area contributed by atoms with E-state index in [4.69, 9.17) is 4.74 Å². The van der Waals surface area contributed by atoms with Crippen molar-refractivity contribution in [1.29, 1.82) is 0 Å². The molecule has 0 bridgehead atoms. The Bertz CT molecular complexity index is 620. The lowest BCUT2D eigenvalue weighted by Gasteiger charge is -2.62. The van der Waals surface area contributed by atoms with Gasteiger partial charge in [0.2, 0.25) is 0 Å². The standard InChI is InChI=1S/C25H42O4/c1-15(5-10-23(28)29-4)19-8-9-20-18-7-6-16-13-17(26)11-12-24(16,2)21(18)14-22(27)25(19,20)3/h15-22,26-27H,5-14H2,1-4H3/t15-,16-,17-,18-,19+,20-,21-,22-,24-,25+/m0/s1. The Morgan fingerprint density at radius 3 is 2.55 bits per heavy atom. The number of fused-ring (bicyclic) bond motifs is 5. The van der Waals surface area contributed by atoms with E-state index in [1.165, 1.54) is 32.8 Å². The molecule has 0 aromatic heterocycles. The van der Waals surface area contributed by atoms with Gasteiger partial charge in [-0.1, -0.05) is 20.8 Å². The predicted molar refractivity (Wildman–Crippen MR) is 113 cm³/mol. The van der Waals surface area contributed by atoms with Gasteiger partial charge in [0.25, 0.3) is 0 Å². The Balaban J connectivity index is 1.53. The SMILES string of the molecule is COC(=O)CC[C@H](C)[C@H]1CC[C@H]2[C@@H]3CC[C@H]4C[C@@H](O)CC[C@]4(C)[C@H]3C[C@H](O)[C@]12C. The molecule has 0 amide bonds. The van der Waals surface area contributed by atoms with Crippen LogP contribution in [-0.4, -0.2) is 35.5 Å². The van der Waals surface area contributed by atoms with Crippen molar-refractivity contribution in [3.63, 3.8) is 0 Å². The smallest absolute Gasteiger partial charge is 0.305 e. The van der Waals surface area contributed by atoms with Gasteiger partial charge in [-0.3, -0.25) is 4.79 Å². The second-order valence-corrected chi connectivity index (χ2v) is 11.5. The van der Waals surface area contributed by atoms with E-state index in [0.29, 0.717) is 41.4 Å². The number of esters is 1. The van der Waals surface area contributed by atoms with Crippen molar-refractivity contribution in [2.45, 2.75) is 97.2 Å². The van der Waals surface area contributed by atoms with E-state index >= 15 is 0 Å². The molecule has 4 nitrogen and oxygen atoms in total. The highest BCUT2D eigenvalue weighted by Gasteiger charge is 2.63. The number of carbonyl (C=O) groups excluding carboxylic acids is 1. The summed E-state index contributed by atoms with van der Waals surface area (Å²) in [5.74, 6) is 3.36. The molecule has 0 aromatic carbocycles. The second-order valence-electron chi connectivity index (χ2n) is 11.5. The predicted octanol–water partition coefficient (Wildman–Crippen LogP) is 4.57. The number of rotatable bonds is 4. The Labute approximate surface area is 176 Å². The van der Waals surface area contributed by atoms with E-state index < -0.39 is 0 Å². The fourth-order valence-corrected chi connectivity index (χ4v) is 8.81. The quantitative estimate of drug-likeness (QED) is 0.671. The number of hydrogen-bond acceptors (Lipinski definition) is 4. The molecule has 0 saturated heterocycles. The molecule has 0 heterocycles. The summed E-state index contributed by atoms with van der Waals surface area (Å²) >= 11 is 0. The Morgan fingerprint density at radius 2 is 1.83 bits per heavy atom. The van der Waals surface area contributed by atoms with Crippen molar-refractivity contribution < 1.29 is 19.7 Å². The van der Waals surface area contributed by atoms with Gasteiger partial charge in [-0.05, 0) is 104 Å². The van der Waals surface area contributed by atoms with E-state index in [0.717, 1.165) is 38.0 Å². The van der Waals surface area contributed by atoms with Crippen LogP contribution < -0.4 is 0 Å². The van der Waals surface area contributed by atoms with Crippen LogP contribution in [0.15, 0.2) is 0 Å². The molecule has 0 unspecified atom stereocenters. The van der Waals surface area contributed by atoms with Crippen molar-refractivity contribution in [2.75, 3.05) is 7.11 Å². The number of carbonyl (C=O) groups is 1. The first-order chi connectivity index (χ1) is 13.7. The van der Waals surface area contributed by atoms with Crippen LogP contribution in [0.4, 0.5) is 0 Å². The zero-order valence-corrected chi connectivity index (χ0v) is 18.9. The summed E-state index contributed by atoms with van der Waals surface area (Å²) in [6.45, 7) is 7.12. The fraction of sp³-hybridized carbons (Fsp3) is 0.960. The van der Waals surface area contributed by atoms with Crippen molar-refractivity contribution in [3.05, 3.63) is 0 Å². The highest BCUT2D eigenvalue weighted by Crippen LogP contribution is 2.68. The third-order valence-electron chi connectivity index (χ3n) is 10.5. The topological polar surface area (TPSA) is 66.8 Å². The van der Waals surface area contributed by atoms with Gasteiger partial charge in [0.05, 0.1) is 19.3 Å². The number of hydrogen-bond donors (Lipinski definition) is 2. The van der Waals surface area contributed by atoms with E-state index in [9.17, 15) is 15.0 Å². The summed E-state index contributed by atoms with van der Waals surface area (Å²) in [6.07, 6.45) is 9.86. The molecule has 4 rings (SSSR count). The summed E-state index contributed by atoms with van der Waals surface area (Å²) in [4.78, 5) is 11.6. The first-order valence-corrected chi connectivity index (χ1v) is 12.1. The number of aliphatic hydroxyl groups is 2.